The molecule has 0 bridgehead atoms. The van der Waals surface area contributed by atoms with Crippen LogP contribution >= 0.6 is 11.3 Å². The first-order chi connectivity index (χ1) is 12.7. The summed E-state index contributed by atoms with van der Waals surface area (Å²) in [5.41, 5.74) is 0.200. The number of rotatable bonds is 3. The van der Waals surface area contributed by atoms with Gasteiger partial charge in [0.15, 0.2) is 10.7 Å². The molecule has 142 valence electrons. The SMILES string of the molecule is CC(=O)NC[C@H]1CN(c2ccc3c(c2)sc2nc(C(F)(F)F)cn23)C(=O)O1. The second-order valence-corrected chi connectivity index (χ2v) is 7.09. The lowest BCUT2D eigenvalue weighted by molar-refractivity contribution is -0.140. The van der Waals surface area contributed by atoms with Gasteiger partial charge in [0.2, 0.25) is 5.91 Å². The van der Waals surface area contributed by atoms with Gasteiger partial charge in [0.25, 0.3) is 0 Å². The van der Waals surface area contributed by atoms with E-state index in [0.29, 0.717) is 15.9 Å². The molecular formula is C16H13F3N4O3S. The van der Waals surface area contributed by atoms with E-state index in [4.69, 9.17) is 4.74 Å². The van der Waals surface area contributed by atoms with E-state index in [0.717, 1.165) is 17.5 Å². The number of nitrogens with zero attached hydrogens (tertiary/aromatic N) is 3. The third-order valence-electron chi connectivity index (χ3n) is 4.13. The molecule has 1 aliphatic heterocycles. The first kappa shape index (κ1) is 17.6. The molecule has 1 fully saturated rings. The highest BCUT2D eigenvalue weighted by Gasteiger charge is 2.35. The van der Waals surface area contributed by atoms with Crippen molar-refractivity contribution >= 4 is 44.2 Å². The van der Waals surface area contributed by atoms with Crippen LogP contribution in [0.4, 0.5) is 23.7 Å². The second kappa shape index (κ2) is 6.12. The van der Waals surface area contributed by atoms with Gasteiger partial charge in [-0.15, -0.1) is 0 Å². The molecule has 11 heteroatoms. The maximum Gasteiger partial charge on any atom is 0.434 e. The summed E-state index contributed by atoms with van der Waals surface area (Å²) in [6.07, 6.45) is -4.54. The Balaban J connectivity index is 1.62. The molecule has 0 aliphatic carbocycles. The van der Waals surface area contributed by atoms with Crippen LogP contribution in [0.5, 0.6) is 0 Å². The summed E-state index contributed by atoms with van der Waals surface area (Å²) in [7, 11) is 0. The fourth-order valence-corrected chi connectivity index (χ4v) is 3.93. The van der Waals surface area contributed by atoms with Gasteiger partial charge < -0.3 is 10.1 Å². The summed E-state index contributed by atoms with van der Waals surface area (Å²) in [4.78, 5) is 28.4. The molecule has 1 aliphatic rings. The molecule has 7 nitrogen and oxygen atoms in total. The Hall–Kier alpha value is -2.82. The lowest BCUT2D eigenvalue weighted by atomic mass is 10.2. The van der Waals surface area contributed by atoms with Gasteiger partial charge in [0.05, 0.1) is 23.3 Å². The third-order valence-corrected chi connectivity index (χ3v) is 5.15. The van der Waals surface area contributed by atoms with E-state index >= 15 is 0 Å². The van der Waals surface area contributed by atoms with Crippen LogP contribution < -0.4 is 10.2 Å². The normalized spacial score (nSPS) is 17.7. The predicted octanol–water partition coefficient (Wildman–Crippen LogP) is 3.03. The Labute approximate surface area is 154 Å². The van der Waals surface area contributed by atoms with Gasteiger partial charge in [-0.25, -0.2) is 9.78 Å². The van der Waals surface area contributed by atoms with Gasteiger partial charge in [-0.2, -0.15) is 13.2 Å². The summed E-state index contributed by atoms with van der Waals surface area (Å²) in [6, 6.07) is 5.00. The van der Waals surface area contributed by atoms with Crippen LogP contribution in [0.15, 0.2) is 24.4 Å². The minimum absolute atomic E-state index is 0.215. The monoisotopic (exact) mass is 398 g/mol. The number of hydrogen-bond acceptors (Lipinski definition) is 5. The molecule has 27 heavy (non-hydrogen) atoms. The van der Waals surface area contributed by atoms with Crippen molar-refractivity contribution in [3.63, 3.8) is 0 Å². The number of benzene rings is 1. The Morgan fingerprint density at radius 2 is 2.22 bits per heavy atom. The highest BCUT2D eigenvalue weighted by atomic mass is 32.1. The predicted molar refractivity (Wildman–Crippen MR) is 91.9 cm³/mol. The van der Waals surface area contributed by atoms with Crippen molar-refractivity contribution in [1.82, 2.24) is 14.7 Å². The molecule has 3 heterocycles. The van der Waals surface area contributed by atoms with Crippen LogP contribution in [0.2, 0.25) is 0 Å². The molecular weight excluding hydrogens is 385 g/mol. The van der Waals surface area contributed by atoms with Crippen molar-refractivity contribution in [3.05, 3.63) is 30.1 Å². The van der Waals surface area contributed by atoms with Crippen LogP contribution in [0.1, 0.15) is 12.6 Å². The van der Waals surface area contributed by atoms with Crippen molar-refractivity contribution in [2.75, 3.05) is 18.0 Å². The maximum atomic E-state index is 12.8. The number of cyclic esters (lactones) is 1. The lowest BCUT2D eigenvalue weighted by Gasteiger charge is -2.13. The number of nitrogens with one attached hydrogen (secondary N) is 1. The number of imidazole rings is 1. The van der Waals surface area contributed by atoms with E-state index in [1.54, 1.807) is 18.2 Å². The Bertz CT molecular complexity index is 1060. The molecule has 1 N–H and O–H groups in total. The smallest absolute Gasteiger partial charge is 0.434 e. The number of hydrogen-bond donors (Lipinski definition) is 1. The molecule has 0 saturated carbocycles. The molecule has 1 atom stereocenters. The van der Waals surface area contributed by atoms with E-state index in [9.17, 15) is 22.8 Å². The highest BCUT2D eigenvalue weighted by Crippen LogP contribution is 2.35. The quantitative estimate of drug-likeness (QED) is 0.736. The largest absolute Gasteiger partial charge is 0.442 e. The minimum Gasteiger partial charge on any atom is -0.442 e. The number of ether oxygens (including phenoxy) is 1. The lowest BCUT2D eigenvalue weighted by Crippen LogP contribution is -2.33. The van der Waals surface area contributed by atoms with Crippen molar-refractivity contribution < 1.29 is 27.5 Å². The van der Waals surface area contributed by atoms with Gasteiger partial charge in [0.1, 0.15) is 6.10 Å². The van der Waals surface area contributed by atoms with Gasteiger partial charge in [0, 0.05) is 18.8 Å². The third kappa shape index (κ3) is 3.18. The number of fused-ring (bicyclic) bond motifs is 3. The zero-order valence-electron chi connectivity index (χ0n) is 13.9. The summed E-state index contributed by atoms with van der Waals surface area (Å²) in [5, 5.41) is 2.60. The summed E-state index contributed by atoms with van der Waals surface area (Å²) in [5.74, 6) is -0.217. The number of thiazole rings is 1. The molecule has 0 radical (unpaired) electrons. The molecule has 3 aromatic rings. The summed E-state index contributed by atoms with van der Waals surface area (Å²) >= 11 is 1.10. The first-order valence-corrected chi connectivity index (χ1v) is 8.75. The van der Waals surface area contributed by atoms with Gasteiger partial charge in [-0.1, -0.05) is 11.3 Å². The average molecular weight is 398 g/mol. The van der Waals surface area contributed by atoms with E-state index in [2.05, 4.69) is 10.3 Å². The molecule has 1 saturated heterocycles. The summed E-state index contributed by atoms with van der Waals surface area (Å²) in [6.45, 7) is 1.86. The minimum atomic E-state index is -4.50. The standard InChI is InChI=1S/C16H13F3N4O3S/c1-8(24)20-5-10-6-22(15(25)26-10)9-2-3-11-12(4-9)27-14-21-13(7-23(11)14)16(17,18)19/h2-4,7,10H,5-6H2,1H3,(H,20,24)/t10-/m0/s1. The number of carbonyl (C=O) groups is 2. The van der Waals surface area contributed by atoms with E-state index in [1.165, 1.54) is 16.2 Å². The Morgan fingerprint density at radius 3 is 2.93 bits per heavy atom. The second-order valence-electron chi connectivity index (χ2n) is 6.08. The fraction of sp³-hybridized carbons (Fsp3) is 0.312. The van der Waals surface area contributed by atoms with Gasteiger partial charge in [-0.05, 0) is 18.2 Å². The zero-order valence-corrected chi connectivity index (χ0v) is 14.7. The molecule has 0 unspecified atom stereocenters. The van der Waals surface area contributed by atoms with Gasteiger partial charge in [-0.3, -0.25) is 14.1 Å². The number of anilines is 1. The fourth-order valence-electron chi connectivity index (χ4n) is 2.89. The van der Waals surface area contributed by atoms with Crippen LogP contribution in [-0.2, 0) is 15.7 Å². The number of carbonyl (C=O) groups excluding carboxylic acids is 2. The molecule has 1 aromatic carbocycles. The Morgan fingerprint density at radius 1 is 1.44 bits per heavy atom. The van der Waals surface area contributed by atoms with Crippen LogP contribution in [0.3, 0.4) is 0 Å². The molecule has 2 amide bonds. The van der Waals surface area contributed by atoms with Crippen LogP contribution in [0.25, 0.3) is 15.2 Å². The molecule has 4 rings (SSSR count). The number of halogens is 3. The van der Waals surface area contributed by atoms with Crippen LogP contribution in [-0.4, -0.2) is 40.6 Å². The number of alkyl halides is 3. The molecule has 0 spiro atoms. The number of amides is 2. The van der Waals surface area contributed by atoms with Gasteiger partial charge >= 0.3 is 12.3 Å². The van der Waals surface area contributed by atoms with Crippen molar-refractivity contribution in [3.8, 4) is 0 Å². The van der Waals surface area contributed by atoms with E-state index < -0.39 is 24.1 Å². The van der Waals surface area contributed by atoms with Crippen molar-refractivity contribution in [1.29, 1.82) is 0 Å². The van der Waals surface area contributed by atoms with Crippen LogP contribution in [0, 0.1) is 0 Å². The maximum absolute atomic E-state index is 12.8. The van der Waals surface area contributed by atoms with Crippen molar-refractivity contribution in [2.45, 2.75) is 19.2 Å². The Kier molecular flexibility index (Phi) is 3.98. The molecule has 2 aromatic heterocycles. The number of aromatic nitrogens is 2. The zero-order chi connectivity index (χ0) is 19.3. The first-order valence-electron chi connectivity index (χ1n) is 7.94. The highest BCUT2D eigenvalue weighted by molar-refractivity contribution is 7.23. The van der Waals surface area contributed by atoms with E-state index in [1.807, 2.05) is 0 Å². The van der Waals surface area contributed by atoms with Crippen molar-refractivity contribution in [2.24, 2.45) is 0 Å². The van der Waals surface area contributed by atoms with E-state index in [-0.39, 0.29) is 24.0 Å². The topological polar surface area (TPSA) is 75.9 Å². The average Bonchev–Trinajstić information content (AvgIpc) is 3.23. The summed E-state index contributed by atoms with van der Waals surface area (Å²) < 4.78 is 45.7.